The highest BCUT2D eigenvalue weighted by Gasteiger charge is 2.19. The van der Waals surface area contributed by atoms with Gasteiger partial charge in [0.2, 0.25) is 0 Å². The molecule has 4 N–H and O–H groups in total. The van der Waals surface area contributed by atoms with Gasteiger partial charge in [0.1, 0.15) is 12.0 Å². The molecule has 0 bridgehead atoms. The van der Waals surface area contributed by atoms with Gasteiger partial charge in [-0.05, 0) is 44.6 Å². The molecular formula is C27H31N5O. The van der Waals surface area contributed by atoms with Gasteiger partial charge in [0.15, 0.2) is 0 Å². The first kappa shape index (κ1) is 22.6. The molecule has 170 valence electrons. The first-order chi connectivity index (χ1) is 16.1. The second kappa shape index (κ2) is 10.3. The summed E-state index contributed by atoms with van der Waals surface area (Å²) in [4.78, 5) is 7.86. The predicted molar refractivity (Wildman–Crippen MR) is 138 cm³/mol. The Morgan fingerprint density at radius 2 is 1.67 bits per heavy atom. The van der Waals surface area contributed by atoms with Crippen LogP contribution in [0, 0.1) is 0 Å². The molecule has 3 aromatic rings. The van der Waals surface area contributed by atoms with Crippen molar-refractivity contribution in [3.05, 3.63) is 89.3 Å². The lowest BCUT2D eigenvalue weighted by atomic mass is 10.0. The molecule has 0 saturated heterocycles. The van der Waals surface area contributed by atoms with Crippen molar-refractivity contribution in [3.63, 3.8) is 0 Å². The van der Waals surface area contributed by atoms with Crippen molar-refractivity contribution >= 4 is 33.9 Å². The van der Waals surface area contributed by atoms with Crippen molar-refractivity contribution in [1.82, 2.24) is 4.90 Å². The average Bonchev–Trinajstić information content (AvgIpc) is 2.89. The predicted octanol–water partition coefficient (Wildman–Crippen LogP) is 4.34. The summed E-state index contributed by atoms with van der Waals surface area (Å²) in [5.74, 6) is 6.69. The maximum atomic E-state index is 6.89. The number of hydrogen-bond donors (Lipinski definition) is 2. The monoisotopic (exact) mass is 441 g/mol. The van der Waals surface area contributed by atoms with Gasteiger partial charge in [-0.3, -0.25) is 5.01 Å². The van der Waals surface area contributed by atoms with E-state index in [1.54, 1.807) is 5.01 Å². The maximum Gasteiger partial charge on any atom is 0.129 e. The lowest BCUT2D eigenvalue weighted by Gasteiger charge is -2.22. The van der Waals surface area contributed by atoms with Crippen molar-refractivity contribution in [2.75, 3.05) is 38.0 Å². The normalized spacial score (nSPS) is 14.6. The molecule has 6 nitrogen and oxygen atoms in total. The van der Waals surface area contributed by atoms with Gasteiger partial charge >= 0.3 is 0 Å². The number of fused-ring (bicyclic) bond motifs is 2. The number of anilines is 3. The number of benzene rings is 2. The van der Waals surface area contributed by atoms with Gasteiger partial charge in [0.25, 0.3) is 0 Å². The van der Waals surface area contributed by atoms with Crippen molar-refractivity contribution in [3.8, 4) is 0 Å². The van der Waals surface area contributed by atoms with Crippen LogP contribution in [0.3, 0.4) is 0 Å². The van der Waals surface area contributed by atoms with E-state index in [1.165, 1.54) is 0 Å². The molecule has 6 heteroatoms. The van der Waals surface area contributed by atoms with Crippen molar-refractivity contribution in [1.29, 1.82) is 0 Å². The quantitative estimate of drug-likeness (QED) is 0.257. The van der Waals surface area contributed by atoms with Crippen molar-refractivity contribution in [2.45, 2.75) is 12.8 Å². The van der Waals surface area contributed by atoms with Gasteiger partial charge in [-0.25, -0.2) is 5.84 Å². The number of nitrogen functional groups attached to an aromatic ring is 1. The highest BCUT2D eigenvalue weighted by Crippen LogP contribution is 2.37. The summed E-state index contributed by atoms with van der Waals surface area (Å²) in [6.07, 6.45) is 10.1. The van der Waals surface area contributed by atoms with Crippen LogP contribution in [0.2, 0.25) is 0 Å². The van der Waals surface area contributed by atoms with Crippen LogP contribution < -0.4 is 21.9 Å². The number of rotatable bonds is 6. The second-order valence-corrected chi connectivity index (χ2v) is 8.30. The van der Waals surface area contributed by atoms with Crippen LogP contribution in [0.4, 0.5) is 17.1 Å². The van der Waals surface area contributed by atoms with E-state index >= 15 is 0 Å². The Bertz CT molecular complexity index is 1250. The number of allylic oxidation sites excluding steroid dienone is 3. The van der Waals surface area contributed by atoms with E-state index in [-0.39, 0.29) is 0 Å². The topological polar surface area (TPSA) is 80.1 Å². The minimum Gasteiger partial charge on any atom is -0.396 e. The van der Waals surface area contributed by atoms with Crippen LogP contribution in [-0.4, -0.2) is 32.1 Å². The fourth-order valence-electron chi connectivity index (χ4n) is 4.00. The molecule has 0 saturated carbocycles. The summed E-state index contributed by atoms with van der Waals surface area (Å²) < 4.78 is 0. The zero-order chi connectivity index (χ0) is 23.2. The number of likely N-dealkylation sites (N-methyl/N-ethyl adjacent to an activating group) is 1. The van der Waals surface area contributed by atoms with Crippen LogP contribution in [0.25, 0.3) is 16.8 Å². The largest absolute Gasteiger partial charge is 0.396 e. The maximum absolute atomic E-state index is 6.89. The van der Waals surface area contributed by atoms with E-state index < -0.39 is 0 Å². The lowest BCUT2D eigenvalue weighted by molar-refractivity contribution is 0.117. The smallest absolute Gasteiger partial charge is 0.129 e. The van der Waals surface area contributed by atoms with Gasteiger partial charge in [0, 0.05) is 22.9 Å². The van der Waals surface area contributed by atoms with Crippen LogP contribution in [0.1, 0.15) is 17.5 Å². The fraction of sp³-hybridized carbons (Fsp3) is 0.222. The van der Waals surface area contributed by atoms with E-state index in [4.69, 9.17) is 16.4 Å². The van der Waals surface area contributed by atoms with Gasteiger partial charge in [-0.2, -0.15) is 0 Å². The van der Waals surface area contributed by atoms with Gasteiger partial charge in [-0.15, -0.1) is 0 Å². The number of hydrazine groups is 1. The summed E-state index contributed by atoms with van der Waals surface area (Å²) in [6, 6.07) is 17.9. The van der Waals surface area contributed by atoms with Crippen LogP contribution in [0.15, 0.2) is 78.0 Å². The molecular weight excluding hydrogens is 410 g/mol. The standard InChI is InChI=1S/C27H31N5O/c1-31(2)18-19-33-30-26-22-15-9-4-3-8-14-21(22)25(28)27(24-17-11-10-16-23(24)26)32(29)20-12-6-5-7-13-20/h4-14,16-17H,3,15,18-19,28-29H2,1-2H3/b9-4-,14-8?,30-26-. The summed E-state index contributed by atoms with van der Waals surface area (Å²) in [6.45, 7) is 1.27. The van der Waals surface area contributed by atoms with Crippen LogP contribution in [0.5, 0.6) is 0 Å². The molecule has 3 aromatic carbocycles. The van der Waals surface area contributed by atoms with Crippen molar-refractivity contribution in [2.24, 2.45) is 11.0 Å². The second-order valence-electron chi connectivity index (χ2n) is 8.30. The minimum atomic E-state index is 0.496. The van der Waals surface area contributed by atoms with E-state index in [0.29, 0.717) is 18.7 Å². The average molecular weight is 442 g/mol. The Kier molecular flexibility index (Phi) is 7.07. The van der Waals surface area contributed by atoms with Crippen LogP contribution >= 0.6 is 0 Å². The Labute approximate surface area is 195 Å². The van der Waals surface area contributed by atoms with E-state index in [1.807, 2.05) is 62.6 Å². The Morgan fingerprint density at radius 3 is 2.42 bits per heavy atom. The third-order valence-corrected chi connectivity index (χ3v) is 5.70. The molecule has 4 rings (SSSR count). The summed E-state index contributed by atoms with van der Waals surface area (Å²) >= 11 is 0. The Balaban J connectivity index is 2.05. The highest BCUT2D eigenvalue weighted by molar-refractivity contribution is 6.02. The third kappa shape index (κ3) is 4.92. The molecule has 0 spiro atoms. The molecule has 0 aliphatic heterocycles. The SMILES string of the molecule is CN(C)CCO/N=c1/c2c(c(N)c(N(N)c3ccccc3)c3ccccc13)C=CC/C=C\C2. The molecule has 0 unspecified atom stereocenters. The lowest BCUT2D eigenvalue weighted by Crippen LogP contribution is -2.26. The number of nitrogens with two attached hydrogens (primary N) is 2. The zero-order valence-electron chi connectivity index (χ0n) is 19.2. The summed E-state index contributed by atoms with van der Waals surface area (Å²) in [5.41, 5.74) is 11.0. The van der Waals surface area contributed by atoms with E-state index in [2.05, 4.69) is 40.4 Å². The third-order valence-electron chi connectivity index (χ3n) is 5.70. The molecule has 0 radical (unpaired) electrons. The Hall–Kier alpha value is -3.61. The van der Waals surface area contributed by atoms with Gasteiger partial charge in [-0.1, -0.05) is 71.9 Å². The molecule has 0 heterocycles. The first-order valence-electron chi connectivity index (χ1n) is 11.2. The van der Waals surface area contributed by atoms with E-state index in [0.717, 1.165) is 51.6 Å². The number of para-hydroxylation sites is 1. The molecule has 0 fully saturated rings. The Morgan fingerprint density at radius 1 is 0.939 bits per heavy atom. The minimum absolute atomic E-state index is 0.496. The number of hydrogen-bond acceptors (Lipinski definition) is 6. The van der Waals surface area contributed by atoms with Crippen LogP contribution in [-0.2, 0) is 11.3 Å². The fourth-order valence-corrected chi connectivity index (χ4v) is 4.00. The molecule has 0 aromatic heterocycles. The summed E-state index contributed by atoms with van der Waals surface area (Å²) in [7, 11) is 4.03. The van der Waals surface area contributed by atoms with Gasteiger partial charge < -0.3 is 15.5 Å². The molecule has 1 aliphatic carbocycles. The molecule has 0 amide bonds. The summed E-state index contributed by atoms with van der Waals surface area (Å²) in [5, 5.41) is 8.95. The highest BCUT2D eigenvalue weighted by atomic mass is 16.6. The molecule has 33 heavy (non-hydrogen) atoms. The van der Waals surface area contributed by atoms with Gasteiger partial charge in [0.05, 0.1) is 17.1 Å². The number of nitrogens with zero attached hydrogens (tertiary/aromatic N) is 3. The molecule has 0 atom stereocenters. The van der Waals surface area contributed by atoms with E-state index in [9.17, 15) is 0 Å². The zero-order valence-corrected chi connectivity index (χ0v) is 19.2. The first-order valence-corrected chi connectivity index (χ1v) is 11.2. The molecule has 1 aliphatic rings. The van der Waals surface area contributed by atoms with Crippen molar-refractivity contribution < 1.29 is 4.84 Å².